The highest BCUT2D eigenvalue weighted by atomic mass is 16.5. The molecule has 0 saturated carbocycles. The fraction of sp³-hybridized carbons (Fsp3) is 0.588. The number of hydrogen-bond donors (Lipinski definition) is 2. The molecule has 1 heterocycles. The summed E-state index contributed by atoms with van der Waals surface area (Å²) in [7, 11) is 0. The van der Waals surface area contributed by atoms with Gasteiger partial charge in [0.1, 0.15) is 5.75 Å². The molecule has 1 aliphatic rings. The van der Waals surface area contributed by atoms with Gasteiger partial charge in [-0.15, -0.1) is 0 Å². The molecule has 0 unspecified atom stereocenters. The van der Waals surface area contributed by atoms with Crippen molar-refractivity contribution in [3.63, 3.8) is 0 Å². The molecular weight excluding hydrogens is 264 g/mol. The summed E-state index contributed by atoms with van der Waals surface area (Å²) in [5.41, 5.74) is 2.50. The molecule has 2 rings (SSSR count). The van der Waals surface area contributed by atoms with E-state index in [0.717, 1.165) is 38.1 Å². The quantitative estimate of drug-likeness (QED) is 0.791. The molecule has 4 heteroatoms. The lowest BCUT2D eigenvalue weighted by Gasteiger charge is -2.23. The van der Waals surface area contributed by atoms with E-state index in [1.807, 2.05) is 12.1 Å². The molecule has 1 aromatic rings. The molecule has 1 aromatic carbocycles. The van der Waals surface area contributed by atoms with Crippen LogP contribution in [0.4, 0.5) is 0 Å². The first-order chi connectivity index (χ1) is 10.1. The second-order valence-corrected chi connectivity index (χ2v) is 5.79. The van der Waals surface area contributed by atoms with Crippen LogP contribution in [-0.2, 0) is 4.79 Å². The van der Waals surface area contributed by atoms with Crippen molar-refractivity contribution in [2.75, 3.05) is 19.7 Å². The van der Waals surface area contributed by atoms with Crippen molar-refractivity contribution in [1.82, 2.24) is 10.6 Å². The third-order valence-corrected chi connectivity index (χ3v) is 4.00. The number of amides is 1. The summed E-state index contributed by atoms with van der Waals surface area (Å²) in [5.74, 6) is 1.03. The van der Waals surface area contributed by atoms with Gasteiger partial charge in [0.15, 0.2) is 0 Å². The van der Waals surface area contributed by atoms with Crippen LogP contribution in [0.1, 0.15) is 36.8 Å². The Bertz CT molecular complexity index is 468. The summed E-state index contributed by atoms with van der Waals surface area (Å²) in [6, 6.07) is 6.44. The van der Waals surface area contributed by atoms with E-state index in [1.165, 1.54) is 11.1 Å². The van der Waals surface area contributed by atoms with Crippen molar-refractivity contribution in [2.24, 2.45) is 0 Å². The fourth-order valence-corrected chi connectivity index (χ4v) is 2.49. The molecule has 1 fully saturated rings. The van der Waals surface area contributed by atoms with Gasteiger partial charge >= 0.3 is 0 Å². The first-order valence-electron chi connectivity index (χ1n) is 7.85. The molecule has 1 aliphatic heterocycles. The monoisotopic (exact) mass is 290 g/mol. The Morgan fingerprint density at radius 2 is 2.05 bits per heavy atom. The summed E-state index contributed by atoms with van der Waals surface area (Å²) in [4.78, 5) is 11.8. The molecule has 1 amide bonds. The highest BCUT2D eigenvalue weighted by molar-refractivity contribution is 5.76. The van der Waals surface area contributed by atoms with Crippen LogP contribution in [-0.4, -0.2) is 31.6 Å². The number of aryl methyl sites for hydroxylation is 2. The summed E-state index contributed by atoms with van der Waals surface area (Å²) in [5, 5.41) is 6.40. The summed E-state index contributed by atoms with van der Waals surface area (Å²) >= 11 is 0. The third-order valence-electron chi connectivity index (χ3n) is 4.00. The second-order valence-electron chi connectivity index (χ2n) is 5.79. The van der Waals surface area contributed by atoms with Crippen molar-refractivity contribution < 1.29 is 9.53 Å². The molecule has 1 saturated heterocycles. The molecule has 0 bridgehead atoms. The smallest absolute Gasteiger partial charge is 0.220 e. The normalized spacial score (nSPS) is 15.7. The molecule has 0 aliphatic carbocycles. The van der Waals surface area contributed by atoms with E-state index in [2.05, 4.69) is 30.5 Å². The number of hydrogen-bond acceptors (Lipinski definition) is 3. The number of ether oxygens (including phenoxy) is 1. The number of piperidine rings is 1. The number of carbonyl (C=O) groups excluding carboxylic acids is 1. The summed E-state index contributed by atoms with van der Waals surface area (Å²) < 4.78 is 5.69. The minimum absolute atomic E-state index is 0.144. The van der Waals surface area contributed by atoms with Gasteiger partial charge in [-0.05, 0) is 69.5 Å². The number of rotatable bonds is 6. The Morgan fingerprint density at radius 1 is 1.29 bits per heavy atom. The van der Waals surface area contributed by atoms with Crippen molar-refractivity contribution in [3.05, 3.63) is 29.3 Å². The molecule has 116 valence electrons. The molecule has 0 spiro atoms. The van der Waals surface area contributed by atoms with Crippen LogP contribution in [0.5, 0.6) is 5.75 Å². The Labute approximate surface area is 127 Å². The number of carbonyl (C=O) groups is 1. The molecule has 21 heavy (non-hydrogen) atoms. The molecule has 2 N–H and O–H groups in total. The van der Waals surface area contributed by atoms with Crippen LogP contribution < -0.4 is 15.4 Å². The lowest BCUT2D eigenvalue weighted by molar-refractivity contribution is -0.122. The van der Waals surface area contributed by atoms with E-state index in [9.17, 15) is 4.79 Å². The largest absolute Gasteiger partial charge is 0.494 e. The summed E-state index contributed by atoms with van der Waals surface area (Å²) in [6.45, 7) is 6.75. The maximum absolute atomic E-state index is 11.8. The lowest BCUT2D eigenvalue weighted by atomic mass is 10.1. The van der Waals surface area contributed by atoms with Gasteiger partial charge in [-0.2, -0.15) is 0 Å². The minimum Gasteiger partial charge on any atom is -0.494 e. The highest BCUT2D eigenvalue weighted by Gasteiger charge is 2.14. The van der Waals surface area contributed by atoms with Crippen LogP contribution in [0, 0.1) is 13.8 Å². The molecule has 0 aromatic heterocycles. The average molecular weight is 290 g/mol. The van der Waals surface area contributed by atoms with Crippen LogP contribution in [0.3, 0.4) is 0 Å². The van der Waals surface area contributed by atoms with E-state index in [0.29, 0.717) is 19.1 Å². The van der Waals surface area contributed by atoms with Crippen LogP contribution >= 0.6 is 0 Å². The number of benzene rings is 1. The zero-order valence-electron chi connectivity index (χ0n) is 13.1. The zero-order chi connectivity index (χ0) is 15.1. The predicted molar refractivity (Wildman–Crippen MR) is 84.7 cm³/mol. The maximum Gasteiger partial charge on any atom is 0.220 e. The van der Waals surface area contributed by atoms with Crippen LogP contribution in [0.2, 0.25) is 0 Å². The van der Waals surface area contributed by atoms with Gasteiger partial charge in [0.2, 0.25) is 5.91 Å². The first-order valence-corrected chi connectivity index (χ1v) is 7.85. The second kappa shape index (κ2) is 8.03. The van der Waals surface area contributed by atoms with Crippen molar-refractivity contribution in [3.8, 4) is 5.75 Å². The van der Waals surface area contributed by atoms with E-state index in [4.69, 9.17) is 4.74 Å². The van der Waals surface area contributed by atoms with Gasteiger partial charge in [0, 0.05) is 12.5 Å². The Morgan fingerprint density at radius 3 is 2.76 bits per heavy atom. The van der Waals surface area contributed by atoms with Crippen LogP contribution in [0.25, 0.3) is 0 Å². The highest BCUT2D eigenvalue weighted by Crippen LogP contribution is 2.16. The van der Waals surface area contributed by atoms with Gasteiger partial charge in [0.05, 0.1) is 6.61 Å². The lowest BCUT2D eigenvalue weighted by Crippen LogP contribution is -2.42. The predicted octanol–water partition coefficient (Wildman–Crippen LogP) is 2.33. The Hall–Kier alpha value is -1.55. The van der Waals surface area contributed by atoms with Crippen molar-refractivity contribution in [2.45, 2.75) is 45.6 Å². The van der Waals surface area contributed by atoms with Crippen LogP contribution in [0.15, 0.2) is 18.2 Å². The zero-order valence-corrected chi connectivity index (χ0v) is 13.1. The average Bonchev–Trinajstić information content (AvgIpc) is 2.48. The topological polar surface area (TPSA) is 50.4 Å². The van der Waals surface area contributed by atoms with Gasteiger partial charge in [-0.25, -0.2) is 0 Å². The Kier molecular flexibility index (Phi) is 6.05. The SMILES string of the molecule is Cc1ccc(OCCCC(=O)NC2CCNCC2)cc1C. The van der Waals surface area contributed by atoms with E-state index >= 15 is 0 Å². The van der Waals surface area contributed by atoms with Gasteiger partial charge in [-0.3, -0.25) is 4.79 Å². The molecule has 0 radical (unpaired) electrons. The maximum atomic E-state index is 11.8. The van der Waals surface area contributed by atoms with Gasteiger partial charge in [0.25, 0.3) is 0 Å². The first kappa shape index (κ1) is 15.8. The third kappa shape index (κ3) is 5.38. The standard InChI is InChI=1S/C17H26N2O2/c1-13-5-6-16(12-14(13)2)21-11-3-4-17(20)19-15-7-9-18-10-8-15/h5-6,12,15,18H,3-4,7-11H2,1-2H3,(H,19,20). The summed E-state index contributed by atoms with van der Waals surface area (Å²) in [6.07, 6.45) is 3.36. The molecule has 4 nitrogen and oxygen atoms in total. The molecular formula is C17H26N2O2. The van der Waals surface area contributed by atoms with E-state index in [-0.39, 0.29) is 5.91 Å². The molecule has 0 atom stereocenters. The van der Waals surface area contributed by atoms with E-state index < -0.39 is 0 Å². The van der Waals surface area contributed by atoms with Gasteiger partial charge in [-0.1, -0.05) is 6.07 Å². The van der Waals surface area contributed by atoms with Crippen molar-refractivity contribution in [1.29, 1.82) is 0 Å². The minimum atomic E-state index is 0.144. The Balaban J connectivity index is 1.62. The van der Waals surface area contributed by atoms with Gasteiger partial charge < -0.3 is 15.4 Å². The number of nitrogens with one attached hydrogen (secondary N) is 2. The fourth-order valence-electron chi connectivity index (χ4n) is 2.49. The van der Waals surface area contributed by atoms with Crippen molar-refractivity contribution >= 4 is 5.91 Å². The van der Waals surface area contributed by atoms with E-state index in [1.54, 1.807) is 0 Å².